The number of thiazole rings is 1. The highest BCUT2D eigenvalue weighted by molar-refractivity contribution is 7.13. The molecule has 2 rings (SSSR count). The third kappa shape index (κ3) is 2.04. The van der Waals surface area contributed by atoms with Crippen molar-refractivity contribution in [3.05, 3.63) is 11.1 Å². The number of rotatable bonds is 1. The predicted octanol–water partition coefficient (Wildman–Crippen LogP) is 2.13. The van der Waals surface area contributed by atoms with Gasteiger partial charge in [-0.05, 0) is 33.1 Å². The number of likely N-dealkylation sites (tertiary alicyclic amines) is 1. The van der Waals surface area contributed by atoms with Crippen LogP contribution in [-0.4, -0.2) is 27.9 Å². The fraction of sp³-hybridized carbons (Fsp3) is 0.636. The Morgan fingerprint density at radius 1 is 1.50 bits per heavy atom. The Morgan fingerprint density at radius 2 is 2.12 bits per heavy atom. The largest absolute Gasteiger partial charge is 0.375 e. The Bertz CT molecular complexity index is 380. The summed E-state index contributed by atoms with van der Waals surface area (Å²) in [5.74, 6) is 0.0210. The minimum Gasteiger partial charge on any atom is -0.375 e. The summed E-state index contributed by atoms with van der Waals surface area (Å²) in [5, 5.41) is 2.20. The summed E-state index contributed by atoms with van der Waals surface area (Å²) >= 11 is 1.32. The second-order valence-electron chi connectivity index (χ2n) is 4.41. The first kappa shape index (κ1) is 11.4. The van der Waals surface area contributed by atoms with Gasteiger partial charge in [0.1, 0.15) is 5.69 Å². The number of hydrogen-bond donors (Lipinski definition) is 1. The van der Waals surface area contributed by atoms with Gasteiger partial charge in [0.25, 0.3) is 5.91 Å². The van der Waals surface area contributed by atoms with Crippen molar-refractivity contribution >= 4 is 22.4 Å². The SMILES string of the molecule is CC1CCCC(C)N1C(=O)c1csc(N)n1. The van der Waals surface area contributed by atoms with Gasteiger partial charge in [0, 0.05) is 17.5 Å². The van der Waals surface area contributed by atoms with E-state index in [1.54, 1.807) is 5.38 Å². The van der Waals surface area contributed by atoms with Gasteiger partial charge in [-0.2, -0.15) is 0 Å². The van der Waals surface area contributed by atoms with E-state index >= 15 is 0 Å². The molecule has 5 heteroatoms. The van der Waals surface area contributed by atoms with Crippen LogP contribution in [0.5, 0.6) is 0 Å². The third-order valence-corrected chi connectivity index (χ3v) is 3.84. The van der Waals surface area contributed by atoms with E-state index in [0.29, 0.717) is 22.9 Å². The molecule has 1 fully saturated rings. The van der Waals surface area contributed by atoms with Crippen molar-refractivity contribution in [1.29, 1.82) is 0 Å². The molecule has 4 nitrogen and oxygen atoms in total. The highest BCUT2D eigenvalue weighted by atomic mass is 32.1. The first-order chi connectivity index (χ1) is 7.59. The number of carbonyl (C=O) groups is 1. The van der Waals surface area contributed by atoms with Crippen LogP contribution in [0.2, 0.25) is 0 Å². The van der Waals surface area contributed by atoms with E-state index in [1.165, 1.54) is 17.8 Å². The fourth-order valence-electron chi connectivity index (χ4n) is 2.34. The Kier molecular flexibility index (Phi) is 3.14. The number of piperidine rings is 1. The van der Waals surface area contributed by atoms with Gasteiger partial charge in [-0.15, -0.1) is 11.3 Å². The van der Waals surface area contributed by atoms with Crippen LogP contribution >= 0.6 is 11.3 Å². The smallest absolute Gasteiger partial charge is 0.273 e. The standard InChI is InChI=1S/C11H17N3OS/c1-7-4-3-5-8(2)14(7)10(15)9-6-16-11(12)13-9/h6-8H,3-5H2,1-2H3,(H2,12,13). The lowest BCUT2D eigenvalue weighted by Gasteiger charge is -2.38. The molecule has 1 saturated heterocycles. The van der Waals surface area contributed by atoms with E-state index in [1.807, 2.05) is 4.90 Å². The van der Waals surface area contributed by atoms with Gasteiger partial charge >= 0.3 is 0 Å². The monoisotopic (exact) mass is 239 g/mol. The van der Waals surface area contributed by atoms with Gasteiger partial charge in [-0.1, -0.05) is 0 Å². The predicted molar refractivity (Wildman–Crippen MR) is 65.5 cm³/mol. The van der Waals surface area contributed by atoms with Crippen molar-refractivity contribution in [2.75, 3.05) is 5.73 Å². The van der Waals surface area contributed by atoms with Crippen LogP contribution < -0.4 is 5.73 Å². The topological polar surface area (TPSA) is 59.2 Å². The van der Waals surface area contributed by atoms with Crippen LogP contribution in [0.1, 0.15) is 43.6 Å². The first-order valence-corrected chi connectivity index (χ1v) is 6.51. The Hall–Kier alpha value is -1.10. The molecule has 0 radical (unpaired) electrons. The van der Waals surface area contributed by atoms with E-state index in [-0.39, 0.29) is 5.91 Å². The third-order valence-electron chi connectivity index (χ3n) is 3.17. The minimum absolute atomic E-state index is 0.0210. The second-order valence-corrected chi connectivity index (χ2v) is 5.30. The van der Waals surface area contributed by atoms with E-state index in [2.05, 4.69) is 18.8 Å². The average molecular weight is 239 g/mol. The molecule has 0 spiro atoms. The number of nitrogen functional groups attached to an aromatic ring is 1. The van der Waals surface area contributed by atoms with E-state index < -0.39 is 0 Å². The van der Waals surface area contributed by atoms with Crippen LogP contribution in [0.15, 0.2) is 5.38 Å². The second kappa shape index (κ2) is 4.41. The molecule has 2 atom stereocenters. The average Bonchev–Trinajstić information content (AvgIpc) is 2.64. The lowest BCUT2D eigenvalue weighted by Crippen LogP contribution is -2.47. The Morgan fingerprint density at radius 3 is 2.62 bits per heavy atom. The number of anilines is 1. The zero-order valence-electron chi connectivity index (χ0n) is 9.64. The summed E-state index contributed by atoms with van der Waals surface area (Å²) in [7, 11) is 0. The zero-order chi connectivity index (χ0) is 11.7. The summed E-state index contributed by atoms with van der Waals surface area (Å²) in [5.41, 5.74) is 6.04. The van der Waals surface area contributed by atoms with Crippen molar-refractivity contribution < 1.29 is 4.79 Å². The molecule has 1 aromatic rings. The lowest BCUT2D eigenvalue weighted by molar-refractivity contribution is 0.0505. The molecule has 2 unspecified atom stereocenters. The zero-order valence-corrected chi connectivity index (χ0v) is 10.5. The van der Waals surface area contributed by atoms with E-state index in [0.717, 1.165) is 12.8 Å². The minimum atomic E-state index is 0.0210. The molecule has 16 heavy (non-hydrogen) atoms. The number of nitrogens with zero attached hydrogens (tertiary/aromatic N) is 2. The van der Waals surface area contributed by atoms with Crippen LogP contribution in [0.3, 0.4) is 0 Å². The fourth-order valence-corrected chi connectivity index (χ4v) is 2.88. The molecule has 1 aromatic heterocycles. The normalized spacial score (nSPS) is 25.8. The molecule has 0 saturated carbocycles. The summed E-state index contributed by atoms with van der Waals surface area (Å²) in [6.07, 6.45) is 3.36. The van der Waals surface area contributed by atoms with Crippen molar-refractivity contribution in [3.8, 4) is 0 Å². The molecule has 88 valence electrons. The quantitative estimate of drug-likeness (QED) is 0.816. The maximum absolute atomic E-state index is 12.2. The molecule has 1 amide bonds. The van der Waals surface area contributed by atoms with Gasteiger partial charge in [-0.3, -0.25) is 4.79 Å². The molecule has 0 aromatic carbocycles. The van der Waals surface area contributed by atoms with Gasteiger partial charge in [0.2, 0.25) is 0 Å². The summed E-state index contributed by atoms with van der Waals surface area (Å²) < 4.78 is 0. The number of nitrogens with two attached hydrogens (primary N) is 1. The maximum Gasteiger partial charge on any atom is 0.273 e. The highest BCUT2D eigenvalue weighted by Gasteiger charge is 2.30. The van der Waals surface area contributed by atoms with Crippen molar-refractivity contribution in [1.82, 2.24) is 9.88 Å². The van der Waals surface area contributed by atoms with Crippen molar-refractivity contribution in [2.24, 2.45) is 0 Å². The highest BCUT2D eigenvalue weighted by Crippen LogP contribution is 2.25. The molecule has 2 N–H and O–H groups in total. The summed E-state index contributed by atoms with van der Waals surface area (Å²) in [6.45, 7) is 4.20. The molecule has 0 bridgehead atoms. The summed E-state index contributed by atoms with van der Waals surface area (Å²) in [6, 6.07) is 0.610. The van der Waals surface area contributed by atoms with Gasteiger partial charge in [-0.25, -0.2) is 4.98 Å². The van der Waals surface area contributed by atoms with Crippen LogP contribution in [0.4, 0.5) is 5.13 Å². The Labute approximate surface area is 99.5 Å². The van der Waals surface area contributed by atoms with Crippen molar-refractivity contribution in [3.63, 3.8) is 0 Å². The lowest BCUT2D eigenvalue weighted by atomic mass is 9.97. The Balaban J connectivity index is 2.19. The number of hydrogen-bond acceptors (Lipinski definition) is 4. The van der Waals surface area contributed by atoms with Crippen molar-refractivity contribution in [2.45, 2.75) is 45.2 Å². The van der Waals surface area contributed by atoms with Gasteiger partial charge < -0.3 is 10.6 Å². The number of carbonyl (C=O) groups excluding carboxylic acids is 1. The molecular weight excluding hydrogens is 222 g/mol. The molecule has 1 aliphatic heterocycles. The van der Waals surface area contributed by atoms with Crippen LogP contribution in [-0.2, 0) is 0 Å². The van der Waals surface area contributed by atoms with Crippen LogP contribution in [0.25, 0.3) is 0 Å². The molecule has 1 aliphatic rings. The first-order valence-electron chi connectivity index (χ1n) is 5.63. The van der Waals surface area contributed by atoms with E-state index in [9.17, 15) is 4.79 Å². The molecular formula is C11H17N3OS. The molecule has 0 aliphatic carbocycles. The maximum atomic E-state index is 12.2. The number of aromatic nitrogens is 1. The van der Waals surface area contributed by atoms with Gasteiger partial charge in [0.05, 0.1) is 0 Å². The van der Waals surface area contributed by atoms with Gasteiger partial charge in [0.15, 0.2) is 5.13 Å². The number of amides is 1. The summed E-state index contributed by atoms with van der Waals surface area (Å²) in [4.78, 5) is 18.3. The molecule has 2 heterocycles. The van der Waals surface area contributed by atoms with E-state index in [4.69, 9.17) is 5.73 Å². The van der Waals surface area contributed by atoms with Crippen LogP contribution in [0, 0.1) is 0 Å².